The maximum absolute atomic E-state index is 12.7. The normalized spacial score (nSPS) is 15.6. The molecule has 1 aliphatic heterocycles. The Morgan fingerprint density at radius 1 is 1.36 bits per heavy atom. The number of anilines is 1. The van der Waals surface area contributed by atoms with Crippen LogP contribution in [0.3, 0.4) is 0 Å². The molecule has 1 aliphatic rings. The number of nitrogens with zero attached hydrogens (tertiary/aromatic N) is 1. The second-order valence-electron chi connectivity index (χ2n) is 4.86. The van der Waals surface area contributed by atoms with Gasteiger partial charge in [0.05, 0.1) is 6.26 Å². The number of carbonyl (C=O) groups excluding carboxylic acids is 1. The molecule has 0 unspecified atom stereocenters. The predicted octanol–water partition coefficient (Wildman–Crippen LogP) is 3.10. The van der Waals surface area contributed by atoms with Crippen LogP contribution in [0.2, 0.25) is 0 Å². The number of aromatic nitrogens is 1. The summed E-state index contributed by atoms with van der Waals surface area (Å²) in [5.41, 5.74) is 0.384. The minimum atomic E-state index is -1.22. The van der Waals surface area contributed by atoms with Crippen molar-refractivity contribution in [2.75, 3.05) is 18.5 Å². The molecule has 1 fully saturated rings. The van der Waals surface area contributed by atoms with E-state index < -0.39 is 6.09 Å². The van der Waals surface area contributed by atoms with E-state index in [-0.39, 0.29) is 16.8 Å². The summed E-state index contributed by atoms with van der Waals surface area (Å²) in [5, 5.41) is 11.2. The van der Waals surface area contributed by atoms with Crippen molar-refractivity contribution in [1.29, 1.82) is 0 Å². The Balaban J connectivity index is 1.95. The number of rotatable bonds is 4. The number of Topliss-reactive ketones (excluding diaryl/α,β-unsaturated/α-hetero) is 1. The van der Waals surface area contributed by atoms with Gasteiger partial charge in [-0.05, 0) is 25.0 Å². The Kier molecular flexibility index (Phi) is 4.21. The van der Waals surface area contributed by atoms with Gasteiger partial charge in [-0.1, -0.05) is 11.3 Å². The molecule has 116 valence electrons. The predicted molar refractivity (Wildman–Crippen MR) is 79.3 cm³/mol. The molecule has 2 aromatic heterocycles. The van der Waals surface area contributed by atoms with E-state index in [1.807, 2.05) is 0 Å². The third-order valence-electron chi connectivity index (χ3n) is 3.41. The largest absolute Gasteiger partial charge is 0.465 e. The van der Waals surface area contributed by atoms with Crippen molar-refractivity contribution < 1.29 is 23.8 Å². The van der Waals surface area contributed by atoms with Gasteiger partial charge in [-0.3, -0.25) is 10.1 Å². The number of amides is 1. The first-order valence-electron chi connectivity index (χ1n) is 6.82. The first kappa shape index (κ1) is 14.7. The number of furan rings is 1. The molecule has 2 aromatic rings. The second-order valence-corrected chi connectivity index (χ2v) is 5.85. The van der Waals surface area contributed by atoms with Crippen LogP contribution in [-0.4, -0.2) is 35.2 Å². The highest BCUT2D eigenvalue weighted by Crippen LogP contribution is 2.34. The summed E-state index contributed by atoms with van der Waals surface area (Å²) in [6.07, 6.45) is 1.60. The summed E-state index contributed by atoms with van der Waals surface area (Å²) in [4.78, 5) is 28.1. The van der Waals surface area contributed by atoms with E-state index in [4.69, 9.17) is 14.3 Å². The van der Waals surface area contributed by atoms with Crippen molar-refractivity contribution in [3.63, 3.8) is 0 Å². The Hall–Kier alpha value is -2.19. The van der Waals surface area contributed by atoms with Gasteiger partial charge < -0.3 is 14.3 Å². The maximum Gasteiger partial charge on any atom is 0.410 e. The van der Waals surface area contributed by atoms with Crippen molar-refractivity contribution in [2.45, 2.75) is 12.8 Å². The van der Waals surface area contributed by atoms with Crippen molar-refractivity contribution >= 4 is 28.3 Å². The zero-order chi connectivity index (χ0) is 15.5. The standard InChI is InChI=1S/C14H14N2O5S/c17-11(8-3-6-20-7-4-8)12-10(9-2-1-5-21-9)15-13(22-12)16-14(18)19/h1-2,5,8H,3-4,6-7H2,(H,15,16)(H,18,19). The topological polar surface area (TPSA) is 102 Å². The average Bonchev–Trinajstić information content (AvgIpc) is 3.15. The van der Waals surface area contributed by atoms with Crippen LogP contribution in [0.15, 0.2) is 22.8 Å². The molecule has 0 saturated carbocycles. The first-order valence-corrected chi connectivity index (χ1v) is 7.63. The second kappa shape index (κ2) is 6.29. The van der Waals surface area contributed by atoms with Crippen molar-refractivity contribution in [3.8, 4) is 11.5 Å². The number of carbonyl (C=O) groups is 2. The molecule has 7 nitrogen and oxygen atoms in total. The average molecular weight is 322 g/mol. The molecule has 3 heterocycles. The first-order chi connectivity index (χ1) is 10.6. The van der Waals surface area contributed by atoms with Gasteiger partial charge in [0, 0.05) is 19.1 Å². The van der Waals surface area contributed by atoms with Gasteiger partial charge >= 0.3 is 6.09 Å². The molecular formula is C14H14N2O5S. The lowest BCUT2D eigenvalue weighted by atomic mass is 9.94. The number of carboxylic acid groups (broad SMARTS) is 1. The van der Waals surface area contributed by atoms with E-state index in [9.17, 15) is 9.59 Å². The molecule has 1 saturated heterocycles. The summed E-state index contributed by atoms with van der Waals surface area (Å²) >= 11 is 1.03. The van der Waals surface area contributed by atoms with Crippen molar-refractivity contribution in [1.82, 2.24) is 4.98 Å². The van der Waals surface area contributed by atoms with Crippen LogP contribution in [0, 0.1) is 5.92 Å². The Bertz CT molecular complexity index is 673. The minimum absolute atomic E-state index is 0.0364. The quantitative estimate of drug-likeness (QED) is 0.839. The van der Waals surface area contributed by atoms with Gasteiger partial charge in [0.2, 0.25) is 0 Å². The van der Waals surface area contributed by atoms with Crippen LogP contribution in [-0.2, 0) is 4.74 Å². The highest BCUT2D eigenvalue weighted by atomic mass is 32.1. The molecule has 0 aromatic carbocycles. The molecule has 0 bridgehead atoms. The van der Waals surface area contributed by atoms with Crippen LogP contribution in [0.1, 0.15) is 22.5 Å². The van der Waals surface area contributed by atoms with E-state index in [1.54, 1.807) is 12.1 Å². The minimum Gasteiger partial charge on any atom is -0.465 e. The Morgan fingerprint density at radius 3 is 2.77 bits per heavy atom. The summed E-state index contributed by atoms with van der Waals surface area (Å²) in [6, 6.07) is 3.39. The van der Waals surface area contributed by atoms with E-state index in [0.717, 1.165) is 11.3 Å². The number of thiazole rings is 1. The number of ether oxygens (including phenoxy) is 1. The lowest BCUT2D eigenvalue weighted by Gasteiger charge is -2.20. The van der Waals surface area contributed by atoms with Gasteiger partial charge in [-0.25, -0.2) is 9.78 Å². The van der Waals surface area contributed by atoms with Crippen LogP contribution in [0.4, 0.5) is 9.93 Å². The van der Waals surface area contributed by atoms with Crippen LogP contribution in [0.25, 0.3) is 11.5 Å². The third kappa shape index (κ3) is 3.02. The highest BCUT2D eigenvalue weighted by Gasteiger charge is 2.29. The fourth-order valence-electron chi connectivity index (χ4n) is 2.36. The van der Waals surface area contributed by atoms with Gasteiger partial charge in [0.25, 0.3) is 0 Å². The molecule has 0 radical (unpaired) electrons. The van der Waals surface area contributed by atoms with Gasteiger partial charge in [0.1, 0.15) is 10.6 Å². The molecule has 8 heteroatoms. The number of hydrogen-bond acceptors (Lipinski definition) is 6. The zero-order valence-electron chi connectivity index (χ0n) is 11.6. The Labute approximate surface area is 129 Å². The summed E-state index contributed by atoms with van der Waals surface area (Å²) < 4.78 is 10.6. The summed E-state index contributed by atoms with van der Waals surface area (Å²) in [7, 11) is 0. The molecule has 0 atom stereocenters. The molecule has 0 aliphatic carbocycles. The van der Waals surface area contributed by atoms with E-state index in [2.05, 4.69) is 10.3 Å². The van der Waals surface area contributed by atoms with Gasteiger partial charge in [0.15, 0.2) is 16.7 Å². The lowest BCUT2D eigenvalue weighted by molar-refractivity contribution is 0.0547. The fraction of sp³-hybridized carbons (Fsp3) is 0.357. The molecule has 3 rings (SSSR count). The molecule has 22 heavy (non-hydrogen) atoms. The summed E-state index contributed by atoms with van der Waals surface area (Å²) in [5.74, 6) is 0.288. The maximum atomic E-state index is 12.7. The number of hydrogen-bond donors (Lipinski definition) is 2. The summed E-state index contributed by atoms with van der Waals surface area (Å²) in [6.45, 7) is 1.12. The Morgan fingerprint density at radius 2 is 2.14 bits per heavy atom. The van der Waals surface area contributed by atoms with Gasteiger partial charge in [-0.15, -0.1) is 0 Å². The molecule has 2 N–H and O–H groups in total. The SMILES string of the molecule is O=C(O)Nc1nc(-c2ccco2)c(C(=O)C2CCOCC2)s1. The fourth-order valence-corrected chi connectivity index (χ4v) is 3.34. The van der Waals surface area contributed by atoms with E-state index in [1.165, 1.54) is 6.26 Å². The van der Waals surface area contributed by atoms with Crippen LogP contribution < -0.4 is 5.32 Å². The molecule has 0 spiro atoms. The highest BCUT2D eigenvalue weighted by molar-refractivity contribution is 7.18. The zero-order valence-corrected chi connectivity index (χ0v) is 12.4. The molecular weight excluding hydrogens is 308 g/mol. The number of ketones is 1. The van der Waals surface area contributed by atoms with Crippen LogP contribution >= 0.6 is 11.3 Å². The van der Waals surface area contributed by atoms with Crippen LogP contribution in [0.5, 0.6) is 0 Å². The van der Waals surface area contributed by atoms with E-state index in [0.29, 0.717) is 42.4 Å². The van der Waals surface area contributed by atoms with E-state index >= 15 is 0 Å². The smallest absolute Gasteiger partial charge is 0.410 e. The molecule has 1 amide bonds. The van der Waals surface area contributed by atoms with Crippen molar-refractivity contribution in [3.05, 3.63) is 23.3 Å². The monoisotopic (exact) mass is 322 g/mol. The number of nitrogens with one attached hydrogen (secondary N) is 1. The van der Waals surface area contributed by atoms with Crippen molar-refractivity contribution in [2.24, 2.45) is 5.92 Å². The lowest BCUT2D eigenvalue weighted by Crippen LogP contribution is -2.23. The third-order valence-corrected chi connectivity index (χ3v) is 4.40. The van der Waals surface area contributed by atoms with Gasteiger partial charge in [-0.2, -0.15) is 0 Å².